The summed E-state index contributed by atoms with van der Waals surface area (Å²) in [4.78, 5) is 26.7. The molecule has 2 aromatic heterocycles. The van der Waals surface area contributed by atoms with Crippen LogP contribution in [0.1, 0.15) is 23.0 Å². The molecule has 0 spiro atoms. The molecule has 0 fully saturated rings. The molecule has 2 rings (SSSR count). The van der Waals surface area contributed by atoms with Crippen molar-refractivity contribution in [3.8, 4) is 0 Å². The normalized spacial score (nSPS) is 12.3. The van der Waals surface area contributed by atoms with Gasteiger partial charge in [-0.15, -0.1) is 0 Å². The zero-order valence-corrected chi connectivity index (χ0v) is 10.0. The highest BCUT2D eigenvalue weighted by Gasteiger charge is 2.15. The molecule has 0 aliphatic rings. The zero-order valence-electron chi connectivity index (χ0n) is 10.0. The van der Waals surface area contributed by atoms with Gasteiger partial charge in [0.2, 0.25) is 0 Å². The fourth-order valence-corrected chi connectivity index (χ4v) is 1.59. The van der Waals surface area contributed by atoms with Crippen LogP contribution in [0.5, 0.6) is 0 Å². The third-order valence-corrected chi connectivity index (χ3v) is 2.56. The minimum Gasteiger partial charge on any atom is -0.480 e. The van der Waals surface area contributed by atoms with Crippen LogP contribution >= 0.6 is 0 Å². The summed E-state index contributed by atoms with van der Waals surface area (Å²) in [5, 5.41) is 11.1. The zero-order chi connectivity index (χ0) is 13.3. The number of hydrogen-bond donors (Lipinski definition) is 2. The summed E-state index contributed by atoms with van der Waals surface area (Å²) < 4.78 is 1.80. The number of pyridine rings is 1. The van der Waals surface area contributed by atoms with Gasteiger partial charge in [-0.25, -0.2) is 4.98 Å². The van der Waals surface area contributed by atoms with E-state index < -0.39 is 17.9 Å². The molecule has 0 radical (unpaired) electrons. The van der Waals surface area contributed by atoms with Gasteiger partial charge in [-0.05, 0) is 26.0 Å². The smallest absolute Gasteiger partial charge is 0.325 e. The molecule has 0 saturated carbocycles. The largest absolute Gasteiger partial charge is 0.480 e. The number of fused-ring (bicyclic) bond motifs is 1. The molecule has 6 nitrogen and oxygen atoms in total. The van der Waals surface area contributed by atoms with E-state index in [1.807, 2.05) is 13.1 Å². The Bertz CT molecular complexity index is 618. The molecule has 1 amide bonds. The Balaban J connectivity index is 2.25. The Morgan fingerprint density at radius 1 is 1.50 bits per heavy atom. The van der Waals surface area contributed by atoms with E-state index in [9.17, 15) is 9.59 Å². The average Bonchev–Trinajstić information content (AvgIpc) is 2.67. The maximum Gasteiger partial charge on any atom is 0.325 e. The van der Waals surface area contributed by atoms with E-state index in [0.717, 1.165) is 5.69 Å². The van der Waals surface area contributed by atoms with Gasteiger partial charge in [0.25, 0.3) is 5.91 Å². The van der Waals surface area contributed by atoms with Crippen molar-refractivity contribution in [3.63, 3.8) is 0 Å². The summed E-state index contributed by atoms with van der Waals surface area (Å²) in [6.07, 6.45) is 3.56. The molecule has 2 N–H and O–H groups in total. The van der Waals surface area contributed by atoms with E-state index in [0.29, 0.717) is 11.2 Å². The molecule has 0 bridgehead atoms. The first kappa shape index (κ1) is 12.1. The predicted octanol–water partition coefficient (Wildman–Crippen LogP) is 0.846. The van der Waals surface area contributed by atoms with Gasteiger partial charge >= 0.3 is 5.97 Å². The number of amides is 1. The first-order valence-electron chi connectivity index (χ1n) is 5.46. The quantitative estimate of drug-likeness (QED) is 0.842. The van der Waals surface area contributed by atoms with Crippen molar-refractivity contribution in [1.82, 2.24) is 14.7 Å². The van der Waals surface area contributed by atoms with Crippen molar-refractivity contribution in [2.75, 3.05) is 0 Å². The second-order valence-electron chi connectivity index (χ2n) is 4.10. The lowest BCUT2D eigenvalue weighted by Crippen LogP contribution is -2.38. The molecule has 6 heteroatoms. The van der Waals surface area contributed by atoms with Crippen LogP contribution in [-0.2, 0) is 4.79 Å². The molecule has 94 valence electrons. The molecule has 0 aliphatic carbocycles. The highest BCUT2D eigenvalue weighted by Crippen LogP contribution is 2.08. The van der Waals surface area contributed by atoms with Crippen molar-refractivity contribution in [2.45, 2.75) is 19.9 Å². The molecule has 0 aliphatic heterocycles. The van der Waals surface area contributed by atoms with Gasteiger partial charge in [-0.3, -0.25) is 9.59 Å². The van der Waals surface area contributed by atoms with Crippen LogP contribution in [0.2, 0.25) is 0 Å². The van der Waals surface area contributed by atoms with Crippen LogP contribution in [0.25, 0.3) is 5.65 Å². The molecule has 0 saturated heterocycles. The Hall–Kier alpha value is -2.37. The van der Waals surface area contributed by atoms with E-state index >= 15 is 0 Å². The Labute approximate surface area is 103 Å². The van der Waals surface area contributed by atoms with E-state index in [-0.39, 0.29) is 0 Å². The summed E-state index contributed by atoms with van der Waals surface area (Å²) in [6.45, 7) is 3.28. The van der Waals surface area contributed by atoms with Crippen molar-refractivity contribution >= 4 is 17.5 Å². The Morgan fingerprint density at radius 2 is 2.22 bits per heavy atom. The summed E-state index contributed by atoms with van der Waals surface area (Å²) in [7, 11) is 0. The maximum absolute atomic E-state index is 11.8. The minimum absolute atomic E-state index is 0.390. The molecule has 1 atom stereocenters. The molecule has 0 aromatic carbocycles. The molecule has 1 unspecified atom stereocenters. The number of carbonyl (C=O) groups excluding carboxylic acids is 1. The molecular formula is C12H13N3O3. The van der Waals surface area contributed by atoms with Gasteiger partial charge in [0, 0.05) is 18.0 Å². The van der Waals surface area contributed by atoms with Crippen molar-refractivity contribution in [2.24, 2.45) is 0 Å². The first-order chi connectivity index (χ1) is 8.47. The number of hydrogen-bond acceptors (Lipinski definition) is 3. The number of carbonyl (C=O) groups is 2. The molecular weight excluding hydrogens is 234 g/mol. The lowest BCUT2D eigenvalue weighted by Gasteiger charge is -2.09. The van der Waals surface area contributed by atoms with E-state index in [4.69, 9.17) is 5.11 Å². The SMILES string of the molecule is Cc1cn2ccc(C(=O)NC(C)C(=O)O)cc2n1. The third-order valence-electron chi connectivity index (χ3n) is 2.56. The van der Waals surface area contributed by atoms with Gasteiger partial charge in [0.15, 0.2) is 0 Å². The van der Waals surface area contributed by atoms with Crippen LogP contribution in [0.15, 0.2) is 24.5 Å². The van der Waals surface area contributed by atoms with E-state index in [1.165, 1.54) is 6.92 Å². The standard InChI is InChI=1S/C12H13N3O3/c1-7-6-15-4-3-9(5-10(15)13-7)11(16)14-8(2)12(17)18/h3-6,8H,1-2H3,(H,14,16)(H,17,18). The number of nitrogens with one attached hydrogen (secondary N) is 1. The number of nitrogens with zero attached hydrogens (tertiary/aromatic N) is 2. The summed E-state index contributed by atoms with van der Waals surface area (Å²) >= 11 is 0. The third kappa shape index (κ3) is 2.32. The van der Waals surface area contributed by atoms with Gasteiger partial charge in [0.1, 0.15) is 11.7 Å². The van der Waals surface area contributed by atoms with E-state index in [1.54, 1.807) is 22.7 Å². The highest BCUT2D eigenvalue weighted by atomic mass is 16.4. The Morgan fingerprint density at radius 3 is 2.89 bits per heavy atom. The fourth-order valence-electron chi connectivity index (χ4n) is 1.59. The predicted molar refractivity (Wildman–Crippen MR) is 64.5 cm³/mol. The van der Waals surface area contributed by atoms with E-state index in [2.05, 4.69) is 10.3 Å². The van der Waals surface area contributed by atoms with Gasteiger partial charge in [-0.1, -0.05) is 0 Å². The van der Waals surface area contributed by atoms with Gasteiger partial charge < -0.3 is 14.8 Å². The second-order valence-corrected chi connectivity index (χ2v) is 4.10. The molecule has 18 heavy (non-hydrogen) atoms. The number of carboxylic acids is 1. The van der Waals surface area contributed by atoms with Crippen LogP contribution < -0.4 is 5.32 Å². The second kappa shape index (κ2) is 4.48. The van der Waals surface area contributed by atoms with Gasteiger partial charge in [-0.2, -0.15) is 0 Å². The summed E-state index contributed by atoms with van der Waals surface area (Å²) in [5.74, 6) is -1.49. The lowest BCUT2D eigenvalue weighted by atomic mass is 10.2. The van der Waals surface area contributed by atoms with Crippen LogP contribution in [0, 0.1) is 6.92 Å². The summed E-state index contributed by atoms with van der Waals surface area (Å²) in [6, 6.07) is 2.32. The van der Waals surface area contributed by atoms with Crippen molar-refractivity contribution < 1.29 is 14.7 Å². The fraction of sp³-hybridized carbons (Fsp3) is 0.250. The maximum atomic E-state index is 11.8. The highest BCUT2D eigenvalue weighted by molar-refractivity contribution is 5.97. The van der Waals surface area contributed by atoms with Crippen LogP contribution in [-0.4, -0.2) is 32.4 Å². The number of carboxylic acid groups (broad SMARTS) is 1. The minimum atomic E-state index is -1.07. The number of aryl methyl sites for hydroxylation is 1. The van der Waals surface area contributed by atoms with Crippen molar-refractivity contribution in [1.29, 1.82) is 0 Å². The van der Waals surface area contributed by atoms with Crippen LogP contribution in [0.3, 0.4) is 0 Å². The number of aromatic nitrogens is 2. The first-order valence-corrected chi connectivity index (χ1v) is 5.46. The number of rotatable bonds is 3. The van der Waals surface area contributed by atoms with Crippen LogP contribution in [0.4, 0.5) is 0 Å². The van der Waals surface area contributed by atoms with Crippen molar-refractivity contribution in [3.05, 3.63) is 35.8 Å². The number of imidazole rings is 1. The molecule has 2 aromatic rings. The lowest BCUT2D eigenvalue weighted by molar-refractivity contribution is -0.138. The summed E-state index contributed by atoms with van der Waals surface area (Å²) in [5.41, 5.74) is 1.90. The number of aliphatic carboxylic acids is 1. The topological polar surface area (TPSA) is 83.7 Å². The average molecular weight is 247 g/mol. The Kier molecular flexibility index (Phi) is 3.01. The molecule has 2 heterocycles. The van der Waals surface area contributed by atoms with Gasteiger partial charge in [0.05, 0.1) is 5.69 Å². The monoisotopic (exact) mass is 247 g/mol.